The molecule has 0 unspecified atom stereocenters. The lowest BCUT2D eigenvalue weighted by Gasteiger charge is -2.13. The van der Waals surface area contributed by atoms with Gasteiger partial charge in [0.1, 0.15) is 17.4 Å². The highest BCUT2D eigenvalue weighted by Crippen LogP contribution is 2.16. The van der Waals surface area contributed by atoms with Gasteiger partial charge in [-0.15, -0.1) is 0 Å². The van der Waals surface area contributed by atoms with Crippen molar-refractivity contribution in [3.63, 3.8) is 0 Å². The molecule has 4 nitrogen and oxygen atoms in total. The van der Waals surface area contributed by atoms with E-state index in [1.165, 1.54) is 0 Å². The number of hydrogen-bond donors (Lipinski definition) is 1. The average Bonchev–Trinajstić information content (AvgIpc) is 2.65. The molecule has 0 saturated heterocycles. The van der Waals surface area contributed by atoms with Crippen molar-refractivity contribution >= 4 is 12.0 Å². The summed E-state index contributed by atoms with van der Waals surface area (Å²) in [5.41, 5.74) is 1.84. The maximum absolute atomic E-state index is 12.4. The molecule has 0 aliphatic rings. The largest absolute Gasteiger partial charge is 0.493 e. The van der Waals surface area contributed by atoms with E-state index in [2.05, 4.69) is 19.2 Å². The minimum Gasteiger partial charge on any atom is -0.493 e. The average molecular weight is 348 g/mol. The minimum atomic E-state index is -0.385. The van der Waals surface area contributed by atoms with Crippen LogP contribution < -0.4 is 10.1 Å². The van der Waals surface area contributed by atoms with E-state index in [0.717, 1.165) is 16.9 Å². The fourth-order valence-corrected chi connectivity index (χ4v) is 2.34. The van der Waals surface area contributed by atoms with Crippen molar-refractivity contribution in [2.24, 2.45) is 5.92 Å². The molecule has 1 N–H and O–H groups in total. The molecule has 0 aliphatic heterocycles. The Balaban J connectivity index is 2.04. The van der Waals surface area contributed by atoms with E-state index in [9.17, 15) is 10.1 Å². The van der Waals surface area contributed by atoms with Crippen molar-refractivity contribution in [3.8, 4) is 11.8 Å². The predicted octanol–water partition coefficient (Wildman–Crippen LogP) is 4.51. The van der Waals surface area contributed by atoms with Gasteiger partial charge in [0.2, 0.25) is 0 Å². The molecule has 0 aromatic heterocycles. The standard InChI is InChI=1S/C22H24N2O2/c1-16(2)15-26-21-11-9-18(10-12-21)13-20(14-23)22(25)24-17(3)19-7-5-4-6-8-19/h4-13,16-17H,15H2,1-3H3,(H,24,25)/b20-13+/t17-/m0/s1. The number of benzene rings is 2. The molecule has 1 amide bonds. The molecule has 1 atom stereocenters. The molecular weight excluding hydrogens is 324 g/mol. The molecule has 2 rings (SSSR count). The molecule has 0 saturated carbocycles. The lowest BCUT2D eigenvalue weighted by Crippen LogP contribution is -2.27. The fraction of sp³-hybridized carbons (Fsp3) is 0.273. The zero-order valence-electron chi connectivity index (χ0n) is 15.4. The van der Waals surface area contributed by atoms with Crippen molar-refractivity contribution in [2.45, 2.75) is 26.8 Å². The maximum Gasteiger partial charge on any atom is 0.262 e. The van der Waals surface area contributed by atoms with Crippen LogP contribution in [0.25, 0.3) is 6.08 Å². The highest BCUT2D eigenvalue weighted by Gasteiger charge is 2.13. The second-order valence-electron chi connectivity index (χ2n) is 6.55. The van der Waals surface area contributed by atoms with Crippen LogP contribution in [0, 0.1) is 17.2 Å². The minimum absolute atomic E-state index is 0.0728. The molecule has 26 heavy (non-hydrogen) atoms. The summed E-state index contributed by atoms with van der Waals surface area (Å²) in [6.45, 7) is 6.72. The summed E-state index contributed by atoms with van der Waals surface area (Å²) < 4.78 is 5.64. The van der Waals surface area contributed by atoms with Gasteiger partial charge in [0.05, 0.1) is 12.6 Å². The Labute approximate surface area is 155 Å². The van der Waals surface area contributed by atoms with Gasteiger partial charge in [-0.3, -0.25) is 4.79 Å². The summed E-state index contributed by atoms with van der Waals surface area (Å²) in [6.07, 6.45) is 1.58. The van der Waals surface area contributed by atoms with Gasteiger partial charge in [0.25, 0.3) is 5.91 Å². The quantitative estimate of drug-likeness (QED) is 0.592. The number of nitriles is 1. The summed E-state index contributed by atoms with van der Waals surface area (Å²) >= 11 is 0. The first-order chi connectivity index (χ1) is 12.5. The van der Waals surface area contributed by atoms with E-state index < -0.39 is 0 Å². The van der Waals surface area contributed by atoms with Gasteiger partial charge in [-0.05, 0) is 42.2 Å². The third-order valence-electron chi connectivity index (χ3n) is 3.79. The van der Waals surface area contributed by atoms with Gasteiger partial charge in [-0.25, -0.2) is 0 Å². The Bertz CT molecular complexity index is 787. The summed E-state index contributed by atoms with van der Waals surface area (Å²) in [4.78, 5) is 12.4. The van der Waals surface area contributed by atoms with Crippen LogP contribution in [0.4, 0.5) is 0 Å². The van der Waals surface area contributed by atoms with Crippen LogP contribution in [0.1, 0.15) is 37.9 Å². The Morgan fingerprint density at radius 1 is 1.12 bits per heavy atom. The highest BCUT2D eigenvalue weighted by atomic mass is 16.5. The predicted molar refractivity (Wildman–Crippen MR) is 103 cm³/mol. The first-order valence-corrected chi connectivity index (χ1v) is 8.70. The lowest BCUT2D eigenvalue weighted by atomic mass is 10.1. The Morgan fingerprint density at radius 3 is 2.35 bits per heavy atom. The van der Waals surface area contributed by atoms with Gasteiger partial charge in [0.15, 0.2) is 0 Å². The zero-order valence-corrected chi connectivity index (χ0v) is 15.4. The molecule has 0 fully saturated rings. The number of carbonyl (C=O) groups is 1. The number of rotatable bonds is 7. The lowest BCUT2D eigenvalue weighted by molar-refractivity contribution is -0.117. The van der Waals surface area contributed by atoms with Crippen LogP contribution in [0.15, 0.2) is 60.2 Å². The molecular formula is C22H24N2O2. The Kier molecular flexibility index (Phi) is 6.99. The maximum atomic E-state index is 12.4. The second-order valence-corrected chi connectivity index (χ2v) is 6.55. The van der Waals surface area contributed by atoms with E-state index in [0.29, 0.717) is 12.5 Å². The Hall–Kier alpha value is -3.06. The van der Waals surface area contributed by atoms with Crippen LogP contribution in [0.3, 0.4) is 0 Å². The number of amides is 1. The molecule has 0 bridgehead atoms. The van der Waals surface area contributed by atoms with Crippen molar-refractivity contribution in [3.05, 3.63) is 71.3 Å². The van der Waals surface area contributed by atoms with Crippen molar-refractivity contribution in [1.82, 2.24) is 5.32 Å². The Morgan fingerprint density at radius 2 is 1.77 bits per heavy atom. The smallest absolute Gasteiger partial charge is 0.262 e. The monoisotopic (exact) mass is 348 g/mol. The summed E-state index contributed by atoms with van der Waals surface area (Å²) in [7, 11) is 0. The highest BCUT2D eigenvalue weighted by molar-refractivity contribution is 6.01. The van der Waals surface area contributed by atoms with Crippen molar-refractivity contribution < 1.29 is 9.53 Å². The first kappa shape index (κ1) is 19.3. The molecule has 2 aromatic carbocycles. The van der Waals surface area contributed by atoms with Gasteiger partial charge >= 0.3 is 0 Å². The van der Waals surface area contributed by atoms with Crippen LogP contribution in [0.2, 0.25) is 0 Å². The van der Waals surface area contributed by atoms with E-state index in [1.807, 2.05) is 67.6 Å². The molecule has 0 aliphatic carbocycles. The van der Waals surface area contributed by atoms with Gasteiger partial charge < -0.3 is 10.1 Å². The molecule has 2 aromatic rings. The van der Waals surface area contributed by atoms with Crippen molar-refractivity contribution in [2.75, 3.05) is 6.61 Å². The number of carbonyl (C=O) groups excluding carboxylic acids is 1. The van der Waals surface area contributed by atoms with E-state index in [1.54, 1.807) is 6.08 Å². The fourth-order valence-electron chi connectivity index (χ4n) is 2.34. The second kappa shape index (κ2) is 9.43. The number of hydrogen-bond acceptors (Lipinski definition) is 3. The SMILES string of the molecule is CC(C)COc1ccc(/C=C(\C#N)C(=O)N[C@@H](C)c2ccccc2)cc1. The molecule has 0 radical (unpaired) electrons. The van der Waals surface area contributed by atoms with Crippen LogP contribution in [-0.4, -0.2) is 12.5 Å². The van der Waals surface area contributed by atoms with Gasteiger partial charge in [-0.1, -0.05) is 56.3 Å². The van der Waals surface area contributed by atoms with Crippen LogP contribution >= 0.6 is 0 Å². The summed E-state index contributed by atoms with van der Waals surface area (Å²) in [6, 6.07) is 18.8. The molecule has 0 spiro atoms. The summed E-state index contributed by atoms with van der Waals surface area (Å²) in [5, 5.41) is 12.2. The molecule has 0 heterocycles. The number of ether oxygens (including phenoxy) is 1. The van der Waals surface area contributed by atoms with E-state index in [4.69, 9.17) is 4.74 Å². The molecule has 134 valence electrons. The number of nitrogens with zero attached hydrogens (tertiary/aromatic N) is 1. The zero-order chi connectivity index (χ0) is 18.9. The van der Waals surface area contributed by atoms with Crippen molar-refractivity contribution in [1.29, 1.82) is 5.26 Å². The molecule has 4 heteroatoms. The topological polar surface area (TPSA) is 62.1 Å². The normalized spacial score (nSPS) is 12.3. The van der Waals surface area contributed by atoms with Crippen LogP contribution in [-0.2, 0) is 4.79 Å². The van der Waals surface area contributed by atoms with Gasteiger partial charge in [0, 0.05) is 0 Å². The third-order valence-corrected chi connectivity index (χ3v) is 3.79. The van der Waals surface area contributed by atoms with E-state index in [-0.39, 0.29) is 17.5 Å². The third kappa shape index (κ3) is 5.78. The van der Waals surface area contributed by atoms with E-state index >= 15 is 0 Å². The summed E-state index contributed by atoms with van der Waals surface area (Å²) in [5.74, 6) is 0.843. The van der Waals surface area contributed by atoms with Crippen LogP contribution in [0.5, 0.6) is 5.75 Å². The van der Waals surface area contributed by atoms with Gasteiger partial charge in [-0.2, -0.15) is 5.26 Å². The first-order valence-electron chi connectivity index (χ1n) is 8.70. The number of nitrogens with one attached hydrogen (secondary N) is 1.